The third kappa shape index (κ3) is 5.22. The number of benzene rings is 2. The second-order valence-electron chi connectivity index (χ2n) is 9.37. The summed E-state index contributed by atoms with van der Waals surface area (Å²) in [6, 6.07) is 16.2. The lowest BCUT2D eigenvalue weighted by atomic mass is 9.95. The maximum atomic E-state index is 14.0. The van der Waals surface area contributed by atoms with Gasteiger partial charge in [0.2, 0.25) is 5.78 Å². The van der Waals surface area contributed by atoms with Gasteiger partial charge in [-0.1, -0.05) is 42.5 Å². The van der Waals surface area contributed by atoms with Gasteiger partial charge in [-0.15, -0.1) is 11.3 Å². The number of hydrogen-bond donors (Lipinski definition) is 1. The highest BCUT2D eigenvalue weighted by atomic mass is 32.1. The van der Waals surface area contributed by atoms with Crippen LogP contribution in [0.2, 0.25) is 0 Å². The summed E-state index contributed by atoms with van der Waals surface area (Å²) < 4.78 is 10.7. The first kappa shape index (κ1) is 26.1. The Morgan fingerprint density at radius 3 is 2.50 bits per heavy atom. The number of aromatic nitrogens is 1. The molecular weight excluding hydrogens is 502 g/mol. The van der Waals surface area contributed by atoms with Crippen molar-refractivity contribution in [2.24, 2.45) is 0 Å². The normalized spacial score (nSPS) is 18.3. The Kier molecular flexibility index (Phi) is 7.87. The van der Waals surface area contributed by atoms with Crippen LogP contribution in [0.25, 0.3) is 10.6 Å². The molecule has 0 aliphatic carbocycles. The summed E-state index contributed by atoms with van der Waals surface area (Å²) in [5.41, 5.74) is 2.32. The lowest BCUT2D eigenvalue weighted by Crippen LogP contribution is -2.39. The van der Waals surface area contributed by atoms with Crippen molar-refractivity contribution < 1.29 is 24.2 Å². The third-order valence-electron chi connectivity index (χ3n) is 6.98. The van der Waals surface area contributed by atoms with E-state index in [-0.39, 0.29) is 11.4 Å². The van der Waals surface area contributed by atoms with Gasteiger partial charge < -0.3 is 19.5 Å². The average Bonchev–Trinajstić information content (AvgIpc) is 3.47. The van der Waals surface area contributed by atoms with Gasteiger partial charge >= 0.3 is 0 Å². The molecule has 2 aromatic carbocycles. The lowest BCUT2D eigenvalue weighted by Gasteiger charge is -2.30. The largest absolute Gasteiger partial charge is 0.503 e. The van der Waals surface area contributed by atoms with Crippen LogP contribution in [0, 0.1) is 6.92 Å². The van der Waals surface area contributed by atoms with Crippen molar-refractivity contribution in [1.29, 1.82) is 0 Å². The SMILES string of the molecule is COc1ccc(C2C(C(=O)c3sc(-c4ccccc4)nc3C)=C(O)C(=O)N2CCCN2CCOCC2)cc1. The predicted molar refractivity (Wildman–Crippen MR) is 146 cm³/mol. The Balaban J connectivity index is 1.46. The number of rotatable bonds is 9. The number of morpholine rings is 1. The minimum absolute atomic E-state index is 0.0953. The number of hydrogen-bond acceptors (Lipinski definition) is 8. The first-order chi connectivity index (χ1) is 18.5. The standard InChI is InChI=1S/C29H31N3O5S/c1-19-27(38-28(30-19)21-7-4-3-5-8-21)25(33)23-24(20-9-11-22(36-2)12-10-20)32(29(35)26(23)34)14-6-13-31-15-17-37-18-16-31/h3-5,7-12,24,34H,6,13-18H2,1-2H3. The van der Waals surface area contributed by atoms with Crippen LogP contribution in [0.15, 0.2) is 65.9 Å². The van der Waals surface area contributed by atoms with Gasteiger partial charge in [0.1, 0.15) is 10.8 Å². The molecule has 1 aromatic heterocycles. The van der Waals surface area contributed by atoms with Gasteiger partial charge in [-0.25, -0.2) is 4.98 Å². The highest BCUT2D eigenvalue weighted by Crippen LogP contribution is 2.41. The summed E-state index contributed by atoms with van der Waals surface area (Å²) in [4.78, 5) is 36.3. The third-order valence-corrected chi connectivity index (χ3v) is 8.19. The quantitative estimate of drug-likeness (QED) is 0.407. The van der Waals surface area contributed by atoms with Crippen molar-refractivity contribution in [2.45, 2.75) is 19.4 Å². The molecule has 38 heavy (non-hydrogen) atoms. The van der Waals surface area contributed by atoms with Gasteiger partial charge in [0, 0.05) is 31.7 Å². The molecule has 1 N–H and O–H groups in total. The second-order valence-corrected chi connectivity index (χ2v) is 10.4. The van der Waals surface area contributed by atoms with Crippen molar-refractivity contribution >= 4 is 23.0 Å². The number of thiazole rings is 1. The molecule has 3 aromatic rings. The van der Waals surface area contributed by atoms with Gasteiger partial charge in [0.15, 0.2) is 5.76 Å². The molecule has 1 amide bonds. The molecule has 1 unspecified atom stereocenters. The van der Waals surface area contributed by atoms with Crippen molar-refractivity contribution in [3.63, 3.8) is 0 Å². The number of aliphatic hydroxyl groups is 1. The molecule has 1 saturated heterocycles. The number of Topliss-reactive ketones (excluding diaryl/α,β-unsaturated/α-hetero) is 1. The molecule has 0 bridgehead atoms. The molecule has 0 saturated carbocycles. The summed E-state index contributed by atoms with van der Waals surface area (Å²) in [7, 11) is 1.59. The van der Waals surface area contributed by atoms with Crippen LogP contribution in [0.3, 0.4) is 0 Å². The van der Waals surface area contributed by atoms with E-state index >= 15 is 0 Å². The van der Waals surface area contributed by atoms with Crippen LogP contribution in [0.1, 0.15) is 33.4 Å². The Morgan fingerprint density at radius 1 is 1.11 bits per heavy atom. The number of carbonyl (C=O) groups is 2. The van der Waals surface area contributed by atoms with Gasteiger partial charge in [-0.3, -0.25) is 14.5 Å². The molecule has 5 rings (SSSR count). The zero-order chi connectivity index (χ0) is 26.6. The van der Waals surface area contributed by atoms with Gasteiger partial charge in [-0.05, 0) is 31.0 Å². The van der Waals surface area contributed by atoms with Gasteiger partial charge in [0.05, 0.1) is 42.5 Å². The molecule has 1 atom stereocenters. The van der Waals surface area contributed by atoms with E-state index in [0.29, 0.717) is 42.5 Å². The number of carbonyl (C=O) groups excluding carboxylic acids is 2. The molecule has 3 heterocycles. The molecule has 1 fully saturated rings. The van der Waals surface area contributed by atoms with Crippen LogP contribution in [0.5, 0.6) is 5.75 Å². The monoisotopic (exact) mass is 533 g/mol. The summed E-state index contributed by atoms with van der Waals surface area (Å²) >= 11 is 1.28. The Labute approximate surface area is 226 Å². The average molecular weight is 534 g/mol. The maximum Gasteiger partial charge on any atom is 0.290 e. The van der Waals surface area contributed by atoms with E-state index in [4.69, 9.17) is 9.47 Å². The fraction of sp³-hybridized carbons (Fsp3) is 0.345. The zero-order valence-corrected chi connectivity index (χ0v) is 22.4. The van der Waals surface area contributed by atoms with E-state index in [9.17, 15) is 14.7 Å². The lowest BCUT2D eigenvalue weighted by molar-refractivity contribution is -0.129. The minimum atomic E-state index is -0.702. The number of nitrogens with zero attached hydrogens (tertiary/aromatic N) is 3. The summed E-state index contributed by atoms with van der Waals surface area (Å²) in [5, 5.41) is 11.8. The van der Waals surface area contributed by atoms with E-state index < -0.39 is 17.7 Å². The number of methoxy groups -OCH3 is 1. The van der Waals surface area contributed by atoms with Crippen LogP contribution in [0.4, 0.5) is 0 Å². The predicted octanol–water partition coefficient (Wildman–Crippen LogP) is 4.43. The number of aryl methyl sites for hydroxylation is 1. The first-order valence-electron chi connectivity index (χ1n) is 12.7. The number of ether oxygens (including phenoxy) is 2. The molecule has 2 aliphatic rings. The summed E-state index contributed by atoms with van der Waals surface area (Å²) in [6.45, 7) is 6.13. The Bertz CT molecular complexity index is 1330. The smallest absolute Gasteiger partial charge is 0.290 e. The van der Waals surface area contributed by atoms with E-state index in [1.165, 1.54) is 11.3 Å². The van der Waals surface area contributed by atoms with Crippen LogP contribution in [-0.4, -0.2) is 78.1 Å². The van der Waals surface area contributed by atoms with E-state index in [1.807, 2.05) is 42.5 Å². The second kappa shape index (κ2) is 11.5. The molecule has 9 heteroatoms. The van der Waals surface area contributed by atoms with Gasteiger partial charge in [0.25, 0.3) is 5.91 Å². The Morgan fingerprint density at radius 2 is 1.82 bits per heavy atom. The van der Waals surface area contributed by atoms with Crippen molar-refractivity contribution in [3.8, 4) is 16.3 Å². The number of aliphatic hydroxyl groups excluding tert-OH is 1. The van der Waals surface area contributed by atoms with Crippen molar-refractivity contribution in [2.75, 3.05) is 46.5 Å². The fourth-order valence-electron chi connectivity index (χ4n) is 4.97. The van der Waals surface area contributed by atoms with E-state index in [1.54, 1.807) is 31.1 Å². The molecular formula is C29H31N3O5S. The molecule has 8 nitrogen and oxygen atoms in total. The summed E-state index contributed by atoms with van der Waals surface area (Å²) in [6.07, 6.45) is 0.713. The molecule has 0 spiro atoms. The molecule has 2 aliphatic heterocycles. The molecule has 198 valence electrons. The minimum Gasteiger partial charge on any atom is -0.503 e. The first-order valence-corrected chi connectivity index (χ1v) is 13.5. The van der Waals surface area contributed by atoms with E-state index in [2.05, 4.69) is 9.88 Å². The maximum absolute atomic E-state index is 14.0. The highest BCUT2D eigenvalue weighted by Gasteiger charge is 2.44. The van der Waals surface area contributed by atoms with Crippen molar-refractivity contribution in [3.05, 3.63) is 82.1 Å². The van der Waals surface area contributed by atoms with E-state index in [0.717, 1.165) is 35.8 Å². The van der Waals surface area contributed by atoms with Crippen LogP contribution < -0.4 is 4.74 Å². The Hall–Kier alpha value is -3.53. The topological polar surface area (TPSA) is 92.2 Å². The fourth-order valence-corrected chi connectivity index (χ4v) is 6.00. The molecule has 0 radical (unpaired) electrons. The number of amides is 1. The zero-order valence-electron chi connectivity index (χ0n) is 21.6. The highest BCUT2D eigenvalue weighted by molar-refractivity contribution is 7.17. The number of ketones is 1. The van der Waals surface area contributed by atoms with Gasteiger partial charge in [-0.2, -0.15) is 0 Å². The summed E-state index contributed by atoms with van der Waals surface area (Å²) in [5.74, 6) is -0.716. The van der Waals surface area contributed by atoms with Crippen LogP contribution >= 0.6 is 11.3 Å². The van der Waals surface area contributed by atoms with Crippen molar-refractivity contribution in [1.82, 2.24) is 14.8 Å². The van der Waals surface area contributed by atoms with Crippen LogP contribution in [-0.2, 0) is 9.53 Å².